The zero-order valence-corrected chi connectivity index (χ0v) is 14.0. The van der Waals surface area contributed by atoms with Crippen molar-refractivity contribution in [2.45, 2.75) is 13.0 Å². The zero-order chi connectivity index (χ0) is 17.1. The average molecular weight is 329 g/mol. The first-order chi connectivity index (χ1) is 11.7. The molecule has 1 atom stereocenters. The highest BCUT2D eigenvalue weighted by molar-refractivity contribution is 5.86. The van der Waals surface area contributed by atoms with E-state index in [1.807, 2.05) is 25.1 Å². The van der Waals surface area contributed by atoms with Crippen molar-refractivity contribution in [1.29, 1.82) is 0 Å². The Morgan fingerprint density at radius 2 is 1.88 bits per heavy atom. The maximum absolute atomic E-state index is 5.33. The van der Waals surface area contributed by atoms with Gasteiger partial charge in [0.25, 0.3) is 0 Å². The molecule has 1 aromatic carbocycles. The standard InChI is InChI=1S/C16H19N5O3/c1-9(22-2)15-19-11-8-17-21-14(11)16(20-15)18-10-5-6-12(23-3)13(7-10)24-4/h5-9H,1-4H3,(H,17,21)(H,18,19,20). The molecule has 126 valence electrons. The molecular formula is C16H19N5O3. The van der Waals surface area contributed by atoms with Gasteiger partial charge in [-0.1, -0.05) is 0 Å². The topological polar surface area (TPSA) is 94.2 Å². The van der Waals surface area contributed by atoms with Gasteiger partial charge >= 0.3 is 0 Å². The number of nitrogens with one attached hydrogen (secondary N) is 2. The average Bonchev–Trinajstić information content (AvgIpc) is 3.09. The summed E-state index contributed by atoms with van der Waals surface area (Å²) in [6, 6.07) is 5.54. The molecule has 0 radical (unpaired) electrons. The third-order valence-corrected chi connectivity index (χ3v) is 3.68. The van der Waals surface area contributed by atoms with E-state index in [0.717, 1.165) is 11.2 Å². The fourth-order valence-corrected chi connectivity index (χ4v) is 2.29. The van der Waals surface area contributed by atoms with Crippen molar-refractivity contribution in [3.05, 3.63) is 30.2 Å². The first kappa shape index (κ1) is 16.0. The van der Waals surface area contributed by atoms with Crippen molar-refractivity contribution in [2.24, 2.45) is 0 Å². The smallest absolute Gasteiger partial charge is 0.162 e. The summed E-state index contributed by atoms with van der Waals surface area (Å²) >= 11 is 0. The van der Waals surface area contributed by atoms with E-state index in [9.17, 15) is 0 Å². The maximum Gasteiger partial charge on any atom is 0.162 e. The summed E-state index contributed by atoms with van der Waals surface area (Å²) in [6.45, 7) is 1.89. The number of benzene rings is 1. The highest BCUT2D eigenvalue weighted by atomic mass is 16.5. The second-order valence-corrected chi connectivity index (χ2v) is 5.13. The van der Waals surface area contributed by atoms with Gasteiger partial charge < -0.3 is 19.5 Å². The third-order valence-electron chi connectivity index (χ3n) is 3.68. The van der Waals surface area contributed by atoms with Crippen molar-refractivity contribution in [2.75, 3.05) is 26.6 Å². The van der Waals surface area contributed by atoms with E-state index < -0.39 is 0 Å². The normalized spacial score (nSPS) is 12.2. The Labute approximate surface area is 139 Å². The molecule has 3 aromatic rings. The van der Waals surface area contributed by atoms with Crippen LogP contribution in [0, 0.1) is 0 Å². The Kier molecular flexibility index (Phi) is 4.48. The Bertz CT molecular complexity index is 849. The number of aromatic amines is 1. The van der Waals surface area contributed by atoms with Crippen molar-refractivity contribution in [3.63, 3.8) is 0 Å². The number of methoxy groups -OCH3 is 3. The van der Waals surface area contributed by atoms with Gasteiger partial charge in [0.1, 0.15) is 17.1 Å². The Morgan fingerprint density at radius 3 is 2.58 bits per heavy atom. The molecule has 8 nitrogen and oxygen atoms in total. The highest BCUT2D eigenvalue weighted by Crippen LogP contribution is 2.32. The second kappa shape index (κ2) is 6.71. The number of fused-ring (bicyclic) bond motifs is 1. The molecule has 0 bridgehead atoms. The summed E-state index contributed by atoms with van der Waals surface area (Å²) in [5, 5.41) is 10.2. The molecule has 24 heavy (non-hydrogen) atoms. The van der Waals surface area contributed by atoms with E-state index in [2.05, 4.69) is 25.5 Å². The minimum Gasteiger partial charge on any atom is -0.493 e. The lowest BCUT2D eigenvalue weighted by atomic mass is 10.2. The van der Waals surface area contributed by atoms with Crippen molar-refractivity contribution < 1.29 is 14.2 Å². The summed E-state index contributed by atoms with van der Waals surface area (Å²) < 4.78 is 15.9. The zero-order valence-electron chi connectivity index (χ0n) is 14.0. The number of anilines is 2. The van der Waals surface area contributed by atoms with Crippen molar-refractivity contribution in [1.82, 2.24) is 20.2 Å². The molecule has 2 aromatic heterocycles. The number of H-pyrrole nitrogens is 1. The number of ether oxygens (including phenoxy) is 3. The quantitative estimate of drug-likeness (QED) is 0.718. The van der Waals surface area contributed by atoms with Crippen LogP contribution in [0.2, 0.25) is 0 Å². The van der Waals surface area contributed by atoms with E-state index in [0.29, 0.717) is 28.7 Å². The number of nitrogens with zero attached hydrogens (tertiary/aromatic N) is 3. The van der Waals surface area contributed by atoms with Crippen LogP contribution in [0.25, 0.3) is 11.0 Å². The largest absolute Gasteiger partial charge is 0.493 e. The van der Waals surface area contributed by atoms with Crippen LogP contribution in [-0.4, -0.2) is 41.5 Å². The van der Waals surface area contributed by atoms with E-state index in [-0.39, 0.29) is 6.10 Å². The van der Waals surface area contributed by atoms with Gasteiger partial charge in [-0.3, -0.25) is 5.10 Å². The molecule has 0 amide bonds. The fraction of sp³-hybridized carbons (Fsp3) is 0.312. The van der Waals surface area contributed by atoms with Crippen LogP contribution in [0.15, 0.2) is 24.4 Å². The lowest BCUT2D eigenvalue weighted by Crippen LogP contribution is -2.06. The van der Waals surface area contributed by atoms with Gasteiger partial charge in [0, 0.05) is 18.9 Å². The summed E-state index contributed by atoms with van der Waals surface area (Å²) in [6.07, 6.45) is 1.43. The summed E-state index contributed by atoms with van der Waals surface area (Å²) in [4.78, 5) is 9.00. The second-order valence-electron chi connectivity index (χ2n) is 5.13. The van der Waals surface area contributed by atoms with E-state index in [1.165, 1.54) is 0 Å². The number of hydrogen-bond acceptors (Lipinski definition) is 7. The van der Waals surface area contributed by atoms with Gasteiger partial charge in [0.05, 0.1) is 20.4 Å². The molecule has 8 heteroatoms. The Hall–Kier alpha value is -2.87. The number of rotatable bonds is 6. The molecule has 2 N–H and O–H groups in total. The minimum absolute atomic E-state index is 0.227. The van der Waals surface area contributed by atoms with Crippen LogP contribution < -0.4 is 14.8 Å². The van der Waals surface area contributed by atoms with Gasteiger partial charge in [-0.25, -0.2) is 9.97 Å². The first-order valence-electron chi connectivity index (χ1n) is 7.39. The van der Waals surface area contributed by atoms with Crippen LogP contribution in [0.5, 0.6) is 11.5 Å². The minimum atomic E-state index is -0.227. The summed E-state index contributed by atoms with van der Waals surface area (Å²) in [5.74, 6) is 2.48. The van der Waals surface area contributed by atoms with Crippen LogP contribution in [0.3, 0.4) is 0 Å². The van der Waals surface area contributed by atoms with Crippen molar-refractivity contribution >= 4 is 22.5 Å². The van der Waals surface area contributed by atoms with Gasteiger partial charge in [-0.05, 0) is 19.1 Å². The Balaban J connectivity index is 2.01. The molecule has 0 fully saturated rings. The molecular weight excluding hydrogens is 310 g/mol. The predicted octanol–water partition coefficient (Wildman–Crippen LogP) is 2.82. The molecule has 0 aliphatic rings. The molecule has 1 unspecified atom stereocenters. The molecule has 2 heterocycles. The van der Waals surface area contributed by atoms with Crippen LogP contribution >= 0.6 is 0 Å². The predicted molar refractivity (Wildman–Crippen MR) is 89.9 cm³/mol. The van der Waals surface area contributed by atoms with Crippen LogP contribution in [0.1, 0.15) is 18.9 Å². The third kappa shape index (κ3) is 2.95. The lowest BCUT2D eigenvalue weighted by Gasteiger charge is -2.13. The number of hydrogen-bond donors (Lipinski definition) is 2. The lowest BCUT2D eigenvalue weighted by molar-refractivity contribution is 0.112. The van der Waals surface area contributed by atoms with Crippen molar-refractivity contribution in [3.8, 4) is 11.5 Å². The van der Waals surface area contributed by atoms with E-state index in [1.54, 1.807) is 27.5 Å². The maximum atomic E-state index is 5.33. The van der Waals surface area contributed by atoms with Gasteiger partial charge in [-0.15, -0.1) is 0 Å². The molecule has 0 spiro atoms. The molecule has 0 saturated heterocycles. The van der Waals surface area contributed by atoms with Gasteiger partial charge in [0.15, 0.2) is 23.1 Å². The highest BCUT2D eigenvalue weighted by Gasteiger charge is 2.15. The summed E-state index contributed by atoms with van der Waals surface area (Å²) in [7, 11) is 4.81. The van der Waals surface area contributed by atoms with Gasteiger partial charge in [0.2, 0.25) is 0 Å². The molecule has 3 rings (SSSR count). The molecule has 0 saturated carbocycles. The SMILES string of the molecule is COc1ccc(Nc2nc(C(C)OC)nc3cn[nH]c23)cc1OC. The summed E-state index contributed by atoms with van der Waals surface area (Å²) in [5.41, 5.74) is 2.24. The molecule has 0 aliphatic heterocycles. The Morgan fingerprint density at radius 1 is 1.08 bits per heavy atom. The monoisotopic (exact) mass is 329 g/mol. The first-order valence-corrected chi connectivity index (χ1v) is 7.39. The van der Waals surface area contributed by atoms with Crippen LogP contribution in [-0.2, 0) is 4.74 Å². The van der Waals surface area contributed by atoms with Gasteiger partial charge in [-0.2, -0.15) is 5.10 Å². The van der Waals surface area contributed by atoms with E-state index >= 15 is 0 Å². The van der Waals surface area contributed by atoms with Crippen LogP contribution in [0.4, 0.5) is 11.5 Å². The number of aromatic nitrogens is 4. The molecule has 0 aliphatic carbocycles. The fourth-order valence-electron chi connectivity index (χ4n) is 2.29. The van der Waals surface area contributed by atoms with E-state index in [4.69, 9.17) is 14.2 Å².